The number of likely N-dealkylation sites (tertiary alicyclic amines) is 1. The Morgan fingerprint density at radius 1 is 0.851 bits per heavy atom. The maximum Gasteiger partial charge on any atom is 0.255 e. The third-order valence-electron chi connectivity index (χ3n) is 9.64. The topological polar surface area (TPSA) is 103 Å². The van der Waals surface area contributed by atoms with Crippen molar-refractivity contribution >= 4 is 23.2 Å². The molecule has 0 radical (unpaired) electrons. The summed E-state index contributed by atoms with van der Waals surface area (Å²) >= 11 is 0. The number of anilines is 2. The number of nitrogens with zero attached hydrogens (tertiary/aromatic N) is 2. The third-order valence-corrected chi connectivity index (χ3v) is 9.64. The van der Waals surface area contributed by atoms with Gasteiger partial charge in [-0.15, -0.1) is 0 Å². The molecule has 3 N–H and O–H groups in total. The van der Waals surface area contributed by atoms with Crippen molar-refractivity contribution in [2.24, 2.45) is 0 Å². The number of hydrogen-bond acceptors (Lipinski definition) is 7. The maximum absolute atomic E-state index is 13.2. The van der Waals surface area contributed by atoms with E-state index in [1.807, 2.05) is 84.9 Å². The van der Waals surface area contributed by atoms with E-state index in [1.165, 1.54) is 0 Å². The molecule has 0 bridgehead atoms. The summed E-state index contributed by atoms with van der Waals surface area (Å²) in [5.41, 5.74) is 4.56. The van der Waals surface area contributed by atoms with Crippen LogP contribution < -0.4 is 15.5 Å². The van der Waals surface area contributed by atoms with Crippen LogP contribution in [0.2, 0.25) is 0 Å². The fourth-order valence-corrected chi connectivity index (χ4v) is 6.98. The number of ether oxygens (including phenoxy) is 2. The monoisotopic (exact) mass is 632 g/mol. The average molecular weight is 633 g/mol. The maximum atomic E-state index is 13.2. The molecule has 3 aliphatic rings. The summed E-state index contributed by atoms with van der Waals surface area (Å²) in [6.45, 7) is 2.81. The van der Waals surface area contributed by atoms with Crippen LogP contribution in [0.3, 0.4) is 0 Å². The van der Waals surface area contributed by atoms with Crippen LogP contribution in [0.5, 0.6) is 0 Å². The third kappa shape index (κ3) is 6.66. The van der Waals surface area contributed by atoms with Gasteiger partial charge in [-0.25, -0.2) is 0 Å². The quantitative estimate of drug-likeness (QED) is 0.239. The van der Waals surface area contributed by atoms with E-state index in [4.69, 9.17) is 9.47 Å². The molecule has 9 heteroatoms. The predicted molar refractivity (Wildman–Crippen MR) is 180 cm³/mol. The first-order valence-electron chi connectivity index (χ1n) is 16.3. The fraction of sp³-hybridized carbons (Fsp3) is 0.316. The van der Waals surface area contributed by atoms with E-state index >= 15 is 0 Å². The van der Waals surface area contributed by atoms with Gasteiger partial charge in [0.15, 0.2) is 6.29 Å². The molecule has 3 aliphatic heterocycles. The highest BCUT2D eigenvalue weighted by molar-refractivity contribution is 6.04. The average Bonchev–Trinajstić information content (AvgIpc) is 3.44. The normalized spacial score (nSPS) is 22.6. The molecule has 3 heterocycles. The van der Waals surface area contributed by atoms with E-state index < -0.39 is 11.8 Å². The van der Waals surface area contributed by atoms with Gasteiger partial charge in [0.05, 0.1) is 25.5 Å². The smallest absolute Gasteiger partial charge is 0.255 e. The minimum atomic E-state index is -0.597. The zero-order valence-corrected chi connectivity index (χ0v) is 26.3. The molecule has 3 fully saturated rings. The Morgan fingerprint density at radius 3 is 2.19 bits per heavy atom. The number of nitrogens with one attached hydrogen (secondary N) is 2. The van der Waals surface area contributed by atoms with Crippen LogP contribution in [-0.2, 0) is 20.9 Å². The van der Waals surface area contributed by atoms with Gasteiger partial charge in [-0.2, -0.15) is 0 Å². The highest BCUT2D eigenvalue weighted by Gasteiger charge is 2.50. The first-order valence-corrected chi connectivity index (χ1v) is 16.3. The lowest BCUT2D eigenvalue weighted by Crippen LogP contribution is -2.57. The van der Waals surface area contributed by atoms with E-state index in [1.54, 1.807) is 12.1 Å². The van der Waals surface area contributed by atoms with Gasteiger partial charge in [0.1, 0.15) is 5.54 Å². The number of amides is 2. The number of para-hydroxylation sites is 1. The highest BCUT2D eigenvalue weighted by Crippen LogP contribution is 2.40. The summed E-state index contributed by atoms with van der Waals surface area (Å²) in [5, 5.41) is 15.6. The largest absolute Gasteiger partial charge is 0.392 e. The van der Waals surface area contributed by atoms with E-state index in [-0.39, 0.29) is 30.6 Å². The van der Waals surface area contributed by atoms with Crippen molar-refractivity contribution in [2.45, 2.75) is 49.9 Å². The summed E-state index contributed by atoms with van der Waals surface area (Å²) in [6, 6.07) is 34.8. The number of hydrogen-bond donors (Lipinski definition) is 3. The number of benzene rings is 4. The van der Waals surface area contributed by atoms with Crippen LogP contribution in [0.15, 0.2) is 109 Å². The van der Waals surface area contributed by atoms with E-state index in [9.17, 15) is 14.7 Å². The second-order valence-electron chi connectivity index (χ2n) is 12.6. The van der Waals surface area contributed by atoms with Crippen molar-refractivity contribution in [3.05, 3.63) is 131 Å². The number of piperidine rings is 1. The molecule has 2 amide bonds. The Hall–Kier alpha value is -4.54. The molecule has 0 aliphatic carbocycles. The molecule has 3 saturated heterocycles. The Bertz CT molecular complexity index is 1660. The summed E-state index contributed by atoms with van der Waals surface area (Å²) in [5.74, 6) is -0.0570. The lowest BCUT2D eigenvalue weighted by Gasteiger charge is -2.45. The predicted octanol–water partition coefficient (Wildman–Crippen LogP) is 5.41. The van der Waals surface area contributed by atoms with Crippen molar-refractivity contribution in [2.75, 3.05) is 36.5 Å². The number of aliphatic hydroxyl groups excluding tert-OH is 1. The molecule has 47 heavy (non-hydrogen) atoms. The van der Waals surface area contributed by atoms with Crippen molar-refractivity contribution in [3.63, 3.8) is 0 Å². The minimum absolute atomic E-state index is 0.0104. The first kappa shape index (κ1) is 31.1. The molecule has 0 aromatic heterocycles. The molecule has 9 nitrogen and oxygen atoms in total. The Balaban J connectivity index is 1.05. The summed E-state index contributed by atoms with van der Waals surface area (Å²) < 4.78 is 13.2. The lowest BCUT2D eigenvalue weighted by molar-refractivity contribution is -0.253. The molecule has 0 unspecified atom stereocenters. The molecular weight excluding hydrogens is 592 g/mol. The molecule has 242 valence electrons. The minimum Gasteiger partial charge on any atom is -0.392 e. The molecule has 3 atom stereocenters. The van der Waals surface area contributed by atoms with Gasteiger partial charge < -0.3 is 35.0 Å². The van der Waals surface area contributed by atoms with E-state index in [0.717, 1.165) is 54.9 Å². The van der Waals surface area contributed by atoms with Crippen molar-refractivity contribution in [3.8, 4) is 0 Å². The molecule has 0 saturated carbocycles. The molecule has 4 aromatic rings. The van der Waals surface area contributed by atoms with Crippen molar-refractivity contribution in [1.29, 1.82) is 0 Å². The van der Waals surface area contributed by atoms with Gasteiger partial charge in [-0.05, 0) is 60.4 Å². The van der Waals surface area contributed by atoms with Crippen LogP contribution in [-0.4, -0.2) is 59.8 Å². The number of aliphatic hydroxyl groups is 1. The van der Waals surface area contributed by atoms with Crippen LogP contribution in [0.1, 0.15) is 58.7 Å². The Labute approximate surface area is 275 Å². The zero-order valence-electron chi connectivity index (χ0n) is 26.3. The number of carbonyl (C=O) groups is 2. The van der Waals surface area contributed by atoms with Crippen LogP contribution in [0.4, 0.5) is 11.4 Å². The number of carbonyl (C=O) groups excluding carboxylic acids is 2. The number of rotatable bonds is 8. The molecule has 4 aromatic carbocycles. The second kappa shape index (κ2) is 13.7. The summed E-state index contributed by atoms with van der Waals surface area (Å²) in [6.07, 6.45) is 1.25. The van der Waals surface area contributed by atoms with Crippen LogP contribution in [0.25, 0.3) is 0 Å². The fourth-order valence-electron chi connectivity index (χ4n) is 6.98. The van der Waals surface area contributed by atoms with Gasteiger partial charge >= 0.3 is 0 Å². The van der Waals surface area contributed by atoms with Crippen LogP contribution in [0, 0.1) is 0 Å². The SMILES string of the molecule is O=C(Nc1ccc([C@H]2O[C@@H](CN3CCC4(CC3)C(=O)NCN4c3ccccc3)C[C@@H](c3ccc(CO)cc3)O2)cc1)c1ccccc1. The van der Waals surface area contributed by atoms with Crippen LogP contribution >= 0.6 is 0 Å². The van der Waals surface area contributed by atoms with Gasteiger partial charge in [-0.1, -0.05) is 72.8 Å². The van der Waals surface area contributed by atoms with Crippen molar-refractivity contribution in [1.82, 2.24) is 10.2 Å². The second-order valence-corrected chi connectivity index (χ2v) is 12.6. The standard InChI is InChI=1S/C38H40N4O5/c43-25-27-11-13-28(14-12-27)34-23-33(24-41-21-19-38(20-22-41)37(45)39-26-42(38)32-9-5-2-6-10-32)46-36(47-34)30-15-17-31(18-16-30)40-35(44)29-7-3-1-4-8-29/h1-18,33-34,36,43H,19-26H2,(H,39,45)(H,40,44)/t33-,34+,36+/m1/s1. The summed E-state index contributed by atoms with van der Waals surface area (Å²) in [7, 11) is 0. The van der Waals surface area contributed by atoms with E-state index in [2.05, 4.69) is 32.6 Å². The zero-order chi connectivity index (χ0) is 32.2. The van der Waals surface area contributed by atoms with E-state index in [0.29, 0.717) is 24.3 Å². The Kier molecular flexibility index (Phi) is 9.04. The molecular formula is C38H40N4O5. The van der Waals surface area contributed by atoms with Gasteiger partial charge in [-0.3, -0.25) is 9.59 Å². The van der Waals surface area contributed by atoms with Gasteiger partial charge in [0.25, 0.3) is 5.91 Å². The summed E-state index contributed by atoms with van der Waals surface area (Å²) in [4.78, 5) is 30.5. The molecule has 1 spiro atoms. The van der Waals surface area contributed by atoms with Crippen molar-refractivity contribution < 1.29 is 24.2 Å². The first-order chi connectivity index (χ1) is 23.0. The molecule has 7 rings (SSSR count). The van der Waals surface area contributed by atoms with Gasteiger partial charge in [0.2, 0.25) is 5.91 Å². The lowest BCUT2D eigenvalue weighted by atomic mass is 9.85. The van der Waals surface area contributed by atoms with Gasteiger partial charge in [0, 0.05) is 48.6 Å². The Morgan fingerprint density at radius 2 is 1.51 bits per heavy atom. The highest BCUT2D eigenvalue weighted by atomic mass is 16.7.